The number of nitrogens with zero attached hydrogens (tertiary/aromatic N) is 1. The van der Waals surface area contributed by atoms with Crippen LogP contribution < -0.4 is 4.74 Å². The van der Waals surface area contributed by atoms with Gasteiger partial charge in [-0.2, -0.15) is 0 Å². The molecule has 1 amide bonds. The second-order valence-corrected chi connectivity index (χ2v) is 25.3. The van der Waals surface area contributed by atoms with Crippen molar-refractivity contribution in [2.45, 2.75) is 90.5 Å². The Morgan fingerprint density at radius 1 is 1.05 bits per heavy atom. The van der Waals surface area contributed by atoms with Gasteiger partial charge in [0.15, 0.2) is 5.79 Å². The van der Waals surface area contributed by atoms with Gasteiger partial charge in [-0.1, -0.05) is 51.4 Å². The van der Waals surface area contributed by atoms with Crippen LogP contribution in [0.2, 0.25) is 39.3 Å². The predicted octanol–water partition coefficient (Wildman–Crippen LogP) is 5.16. The summed E-state index contributed by atoms with van der Waals surface area (Å²) in [5.74, 6) is -1.06. The third kappa shape index (κ3) is 6.54. The van der Waals surface area contributed by atoms with Gasteiger partial charge in [-0.05, 0) is 51.8 Å². The van der Waals surface area contributed by atoms with Crippen molar-refractivity contribution < 1.29 is 28.5 Å². The Labute approximate surface area is 231 Å². The van der Waals surface area contributed by atoms with Gasteiger partial charge >= 0.3 is 5.97 Å². The van der Waals surface area contributed by atoms with Gasteiger partial charge in [0, 0.05) is 11.2 Å². The number of hydrogen-bond acceptors (Lipinski definition) is 6. The monoisotopic (exact) mass is 563 g/mol. The van der Waals surface area contributed by atoms with Gasteiger partial charge < -0.3 is 23.8 Å². The number of amides is 1. The number of ether oxygens (including phenoxy) is 4. The van der Waals surface area contributed by atoms with Crippen LogP contribution in [0.1, 0.15) is 33.3 Å². The van der Waals surface area contributed by atoms with Gasteiger partial charge in [0.25, 0.3) is 0 Å². The molecule has 0 bridgehead atoms. The van der Waals surface area contributed by atoms with E-state index in [1.807, 2.05) is 39.8 Å². The minimum atomic E-state index is -1.86. The smallest absolute Gasteiger partial charge is 0.311 e. The minimum absolute atomic E-state index is 0.0690. The van der Waals surface area contributed by atoms with E-state index in [1.165, 1.54) is 0 Å². The summed E-state index contributed by atoms with van der Waals surface area (Å²) in [4.78, 5) is 29.7. The van der Waals surface area contributed by atoms with E-state index in [4.69, 9.17) is 18.9 Å². The maximum absolute atomic E-state index is 14.6. The summed E-state index contributed by atoms with van der Waals surface area (Å²) in [6.45, 7) is 22.6. The summed E-state index contributed by atoms with van der Waals surface area (Å²) in [6.07, 6.45) is 0.640. The lowest BCUT2D eigenvalue weighted by Crippen LogP contribution is -2.66. The van der Waals surface area contributed by atoms with Crippen LogP contribution in [0, 0.1) is 17.3 Å². The zero-order valence-corrected chi connectivity index (χ0v) is 27.3. The molecule has 0 aromatic heterocycles. The van der Waals surface area contributed by atoms with E-state index in [0.717, 1.165) is 11.3 Å². The molecular formula is C29H49NO6Si2. The molecule has 0 radical (unpaired) electrons. The van der Waals surface area contributed by atoms with Gasteiger partial charge in [-0.25, -0.2) is 0 Å². The van der Waals surface area contributed by atoms with Crippen molar-refractivity contribution in [2.24, 2.45) is 17.3 Å². The minimum Gasteiger partial charge on any atom is -0.497 e. The standard InChI is InChI=1S/C29H49NO6Si2/c1-28(2,3)26(32)34-19-23-22(18-20-12-14-21(33-5)15-13-20)24(29(4)35-16-17-36-29)25(31)30(23)27(37(6,7)8)38(9,10)11/h12-15,22-24,27H,16-19H2,1-11H3/t22-,23+,24+/m1/s1. The maximum Gasteiger partial charge on any atom is 0.311 e. The first-order valence-corrected chi connectivity index (χ1v) is 21.0. The van der Waals surface area contributed by atoms with Crippen LogP contribution in [-0.2, 0) is 30.2 Å². The lowest BCUT2D eigenvalue weighted by atomic mass is 9.80. The Bertz CT molecular complexity index is 972. The number of hydrogen-bond donors (Lipinski definition) is 0. The number of likely N-dealkylation sites (tertiary alicyclic amines) is 1. The van der Waals surface area contributed by atoms with E-state index in [1.54, 1.807) is 7.11 Å². The number of benzene rings is 1. The highest BCUT2D eigenvalue weighted by Crippen LogP contribution is 2.46. The van der Waals surface area contributed by atoms with Crippen molar-refractivity contribution in [3.8, 4) is 5.75 Å². The highest BCUT2D eigenvalue weighted by atomic mass is 28.4. The van der Waals surface area contributed by atoms with Crippen LogP contribution in [0.25, 0.3) is 0 Å². The van der Waals surface area contributed by atoms with Crippen molar-refractivity contribution in [3.63, 3.8) is 0 Å². The molecule has 0 N–H and O–H groups in total. The van der Waals surface area contributed by atoms with Crippen molar-refractivity contribution in [3.05, 3.63) is 29.8 Å². The molecule has 3 atom stereocenters. The van der Waals surface area contributed by atoms with Crippen molar-refractivity contribution in [1.82, 2.24) is 4.90 Å². The zero-order valence-electron chi connectivity index (χ0n) is 25.3. The Balaban J connectivity index is 2.14. The molecule has 7 nitrogen and oxygen atoms in total. The number of esters is 1. The summed E-state index contributed by atoms with van der Waals surface area (Å²) >= 11 is 0. The van der Waals surface area contributed by atoms with Crippen molar-refractivity contribution >= 4 is 28.0 Å². The fourth-order valence-corrected chi connectivity index (χ4v) is 19.3. The molecule has 214 valence electrons. The second kappa shape index (κ2) is 11.1. The first-order valence-electron chi connectivity index (χ1n) is 13.8. The largest absolute Gasteiger partial charge is 0.497 e. The molecule has 2 saturated heterocycles. The Morgan fingerprint density at radius 3 is 2.03 bits per heavy atom. The van der Waals surface area contributed by atoms with Crippen LogP contribution in [0.5, 0.6) is 5.75 Å². The second-order valence-electron chi connectivity index (χ2n) is 14.2. The van der Waals surface area contributed by atoms with Gasteiger partial charge in [-0.15, -0.1) is 0 Å². The van der Waals surface area contributed by atoms with E-state index in [-0.39, 0.29) is 35.7 Å². The van der Waals surface area contributed by atoms with E-state index < -0.39 is 33.3 Å². The SMILES string of the molecule is COc1ccc(C[C@H]2[C@H](C3(C)OCCO3)C(=O)N(C([Si](C)(C)C)[Si](C)(C)C)[C@H]2COC(=O)C(C)(C)C)cc1. The molecule has 38 heavy (non-hydrogen) atoms. The Morgan fingerprint density at radius 2 is 1.58 bits per heavy atom. The molecule has 2 heterocycles. The molecule has 0 aliphatic carbocycles. The lowest BCUT2D eigenvalue weighted by Gasteiger charge is -2.47. The quantitative estimate of drug-likeness (QED) is 0.305. The first kappa shape index (κ1) is 30.8. The first-order chi connectivity index (χ1) is 17.4. The Kier molecular flexibility index (Phi) is 8.98. The summed E-state index contributed by atoms with van der Waals surface area (Å²) in [6, 6.07) is 7.73. The van der Waals surface area contributed by atoms with Crippen LogP contribution in [0.15, 0.2) is 24.3 Å². The van der Waals surface area contributed by atoms with Crippen LogP contribution in [-0.4, -0.2) is 77.0 Å². The van der Waals surface area contributed by atoms with E-state index in [0.29, 0.717) is 19.6 Å². The summed E-state index contributed by atoms with van der Waals surface area (Å²) in [7, 11) is -2.07. The van der Waals surface area contributed by atoms with Gasteiger partial charge in [0.05, 0.1) is 53.8 Å². The number of rotatable bonds is 9. The predicted molar refractivity (Wildman–Crippen MR) is 156 cm³/mol. The van der Waals surface area contributed by atoms with Crippen LogP contribution in [0.4, 0.5) is 0 Å². The normalized spacial score (nSPS) is 24.3. The molecule has 2 fully saturated rings. The lowest BCUT2D eigenvalue weighted by molar-refractivity contribution is -0.192. The highest BCUT2D eigenvalue weighted by Gasteiger charge is 2.62. The average molecular weight is 564 g/mol. The third-order valence-corrected chi connectivity index (χ3v) is 16.8. The number of carbonyl (C=O) groups is 2. The summed E-state index contributed by atoms with van der Waals surface area (Å²) < 4.78 is 23.7. The molecule has 2 aliphatic rings. The third-order valence-electron chi connectivity index (χ3n) is 7.77. The van der Waals surface area contributed by atoms with Gasteiger partial charge in [0.1, 0.15) is 12.4 Å². The Hall–Kier alpha value is -1.69. The average Bonchev–Trinajstić information content (AvgIpc) is 3.32. The van der Waals surface area contributed by atoms with Crippen molar-refractivity contribution in [1.29, 1.82) is 0 Å². The fourth-order valence-electron chi connectivity index (χ4n) is 6.58. The molecule has 3 rings (SSSR count). The van der Waals surface area contributed by atoms with Crippen LogP contribution in [0.3, 0.4) is 0 Å². The molecule has 2 aliphatic heterocycles. The summed E-state index contributed by atoms with van der Waals surface area (Å²) in [5.41, 5.74) is 0.473. The van der Waals surface area contributed by atoms with E-state index >= 15 is 0 Å². The molecule has 9 heteroatoms. The summed E-state index contributed by atoms with van der Waals surface area (Å²) in [5, 5.41) is 0.161. The van der Waals surface area contributed by atoms with Crippen LogP contribution >= 0.6 is 0 Å². The van der Waals surface area contributed by atoms with E-state index in [9.17, 15) is 9.59 Å². The zero-order chi connectivity index (χ0) is 28.7. The molecule has 0 saturated carbocycles. The molecule has 0 spiro atoms. The van der Waals surface area contributed by atoms with E-state index in [2.05, 4.69) is 56.3 Å². The molecule has 1 aromatic carbocycles. The van der Waals surface area contributed by atoms with Gasteiger partial charge in [-0.3, -0.25) is 9.59 Å². The molecule has 0 unspecified atom stereocenters. The maximum atomic E-state index is 14.6. The highest BCUT2D eigenvalue weighted by molar-refractivity contribution is 6.96. The fraction of sp³-hybridized carbons (Fsp3) is 0.724. The number of carbonyl (C=O) groups excluding carboxylic acids is 2. The molecular weight excluding hydrogens is 514 g/mol. The number of methoxy groups -OCH3 is 1. The van der Waals surface area contributed by atoms with Crippen molar-refractivity contribution in [2.75, 3.05) is 26.9 Å². The van der Waals surface area contributed by atoms with Gasteiger partial charge in [0.2, 0.25) is 5.91 Å². The molecule has 1 aromatic rings. The topological polar surface area (TPSA) is 74.3 Å².